The Morgan fingerprint density at radius 3 is 2.97 bits per heavy atom. The Labute approximate surface area is 188 Å². The molecule has 1 unspecified atom stereocenters. The fraction of sp³-hybridized carbons (Fsp3) is 0.375. The predicted molar refractivity (Wildman–Crippen MR) is 124 cm³/mol. The van der Waals surface area contributed by atoms with Crippen LogP contribution < -0.4 is 15.4 Å². The van der Waals surface area contributed by atoms with E-state index >= 15 is 0 Å². The fourth-order valence-electron chi connectivity index (χ4n) is 3.48. The molecule has 0 radical (unpaired) electrons. The number of benzene rings is 1. The Balaban J connectivity index is 1.43. The van der Waals surface area contributed by atoms with Crippen LogP contribution in [0, 0.1) is 6.92 Å². The zero-order valence-electron chi connectivity index (χ0n) is 18.6. The number of nitrogens with one attached hydrogen (secondary N) is 2. The Hall–Kier alpha value is -3.39. The maximum Gasteiger partial charge on any atom is 0.191 e. The molecule has 1 aliphatic heterocycles. The summed E-state index contributed by atoms with van der Waals surface area (Å²) in [7, 11) is 0. The second-order valence-electron chi connectivity index (χ2n) is 7.74. The van der Waals surface area contributed by atoms with Crippen LogP contribution in [0.1, 0.15) is 30.0 Å². The zero-order valence-corrected chi connectivity index (χ0v) is 18.6. The van der Waals surface area contributed by atoms with Crippen molar-refractivity contribution in [3.8, 4) is 11.6 Å². The monoisotopic (exact) mass is 434 g/mol. The van der Waals surface area contributed by atoms with Gasteiger partial charge in [-0.15, -0.1) is 0 Å². The minimum Gasteiger partial charge on any atom is -0.488 e. The van der Waals surface area contributed by atoms with Gasteiger partial charge in [0.15, 0.2) is 11.8 Å². The van der Waals surface area contributed by atoms with Crippen molar-refractivity contribution in [1.29, 1.82) is 0 Å². The highest BCUT2D eigenvalue weighted by Gasteiger charge is 2.18. The minimum absolute atomic E-state index is 0.119. The van der Waals surface area contributed by atoms with Gasteiger partial charge < -0.3 is 20.1 Å². The number of nitrogens with zero attached hydrogens (tertiary/aromatic N) is 4. The van der Waals surface area contributed by atoms with Gasteiger partial charge in [-0.3, -0.25) is 0 Å². The van der Waals surface area contributed by atoms with Crippen LogP contribution in [0.2, 0.25) is 0 Å². The SMILES string of the molecule is CCNC(=NCc1ccnc(-n2cccn2)c1)NCc1ccc(C)cc1OC1CCOC1. The van der Waals surface area contributed by atoms with E-state index < -0.39 is 0 Å². The highest BCUT2D eigenvalue weighted by Crippen LogP contribution is 2.23. The Morgan fingerprint density at radius 1 is 1.25 bits per heavy atom. The lowest BCUT2D eigenvalue weighted by Gasteiger charge is -2.18. The van der Waals surface area contributed by atoms with E-state index in [-0.39, 0.29) is 6.10 Å². The van der Waals surface area contributed by atoms with Crippen molar-refractivity contribution in [1.82, 2.24) is 25.4 Å². The highest BCUT2D eigenvalue weighted by molar-refractivity contribution is 5.79. The van der Waals surface area contributed by atoms with Crippen LogP contribution in [0.3, 0.4) is 0 Å². The maximum absolute atomic E-state index is 6.22. The number of rotatable bonds is 8. The quantitative estimate of drug-likeness (QED) is 0.419. The van der Waals surface area contributed by atoms with Crippen molar-refractivity contribution in [2.75, 3.05) is 19.8 Å². The summed E-state index contributed by atoms with van der Waals surface area (Å²) in [4.78, 5) is 9.13. The van der Waals surface area contributed by atoms with Crippen LogP contribution in [0.25, 0.3) is 5.82 Å². The van der Waals surface area contributed by atoms with Gasteiger partial charge in [0.25, 0.3) is 0 Å². The van der Waals surface area contributed by atoms with E-state index in [0.717, 1.165) is 48.2 Å². The molecule has 1 aromatic carbocycles. The molecule has 8 nitrogen and oxygen atoms in total. The summed E-state index contributed by atoms with van der Waals surface area (Å²) in [6, 6.07) is 12.1. The lowest BCUT2D eigenvalue weighted by Crippen LogP contribution is -2.37. The normalized spacial score (nSPS) is 16.2. The number of hydrogen-bond donors (Lipinski definition) is 2. The summed E-state index contributed by atoms with van der Waals surface area (Å²) in [6.07, 6.45) is 6.44. The number of aliphatic imine (C=N–C) groups is 1. The molecule has 3 aromatic rings. The van der Waals surface area contributed by atoms with Gasteiger partial charge in [0, 0.05) is 43.7 Å². The fourth-order valence-corrected chi connectivity index (χ4v) is 3.48. The summed E-state index contributed by atoms with van der Waals surface area (Å²) >= 11 is 0. The van der Waals surface area contributed by atoms with E-state index in [9.17, 15) is 0 Å². The third-order valence-electron chi connectivity index (χ3n) is 5.16. The third-order valence-corrected chi connectivity index (χ3v) is 5.16. The average molecular weight is 435 g/mol. The number of ether oxygens (including phenoxy) is 2. The summed E-state index contributed by atoms with van der Waals surface area (Å²) in [5, 5.41) is 11.0. The standard InChI is InChI=1S/C24H30N6O2/c1-3-25-24(27-15-19-7-10-26-23(14-19)30-11-4-9-29-30)28-16-20-6-5-18(2)13-22(20)32-21-8-12-31-17-21/h4-7,9-11,13-14,21H,3,8,12,15-17H2,1-2H3,(H2,25,27,28). The van der Waals surface area contributed by atoms with Gasteiger partial charge in [0.1, 0.15) is 11.9 Å². The first-order valence-electron chi connectivity index (χ1n) is 11.0. The molecule has 32 heavy (non-hydrogen) atoms. The van der Waals surface area contributed by atoms with E-state index in [1.165, 1.54) is 5.56 Å². The van der Waals surface area contributed by atoms with Crippen molar-refractivity contribution in [3.05, 3.63) is 71.7 Å². The molecular formula is C24H30N6O2. The first-order valence-corrected chi connectivity index (χ1v) is 11.0. The Morgan fingerprint density at radius 2 is 2.19 bits per heavy atom. The molecule has 4 rings (SSSR count). The molecule has 8 heteroatoms. The summed E-state index contributed by atoms with van der Waals surface area (Å²) in [5.41, 5.74) is 3.33. The molecule has 0 bridgehead atoms. The average Bonchev–Trinajstić information content (AvgIpc) is 3.51. The maximum atomic E-state index is 6.22. The van der Waals surface area contributed by atoms with Gasteiger partial charge in [0.2, 0.25) is 0 Å². The molecule has 3 heterocycles. The Kier molecular flexibility index (Phi) is 7.34. The third kappa shape index (κ3) is 5.85. The summed E-state index contributed by atoms with van der Waals surface area (Å²) < 4.78 is 13.4. The van der Waals surface area contributed by atoms with Crippen molar-refractivity contribution < 1.29 is 9.47 Å². The number of aromatic nitrogens is 3. The topological polar surface area (TPSA) is 85.6 Å². The first kappa shape index (κ1) is 21.8. The number of guanidine groups is 1. The number of pyridine rings is 1. The smallest absolute Gasteiger partial charge is 0.191 e. The molecular weight excluding hydrogens is 404 g/mol. The van der Waals surface area contributed by atoms with Gasteiger partial charge in [0.05, 0.1) is 19.8 Å². The van der Waals surface area contributed by atoms with Crippen LogP contribution in [0.4, 0.5) is 0 Å². The summed E-state index contributed by atoms with van der Waals surface area (Å²) in [6.45, 7) is 7.47. The molecule has 0 amide bonds. The van der Waals surface area contributed by atoms with Gasteiger partial charge in [-0.25, -0.2) is 14.7 Å². The largest absolute Gasteiger partial charge is 0.488 e. The van der Waals surface area contributed by atoms with E-state index in [1.807, 2.05) is 24.4 Å². The lowest BCUT2D eigenvalue weighted by atomic mass is 10.1. The van der Waals surface area contributed by atoms with E-state index in [1.54, 1.807) is 17.1 Å². The Bertz CT molecular complexity index is 1030. The highest BCUT2D eigenvalue weighted by atomic mass is 16.5. The van der Waals surface area contributed by atoms with Gasteiger partial charge in [-0.2, -0.15) is 5.10 Å². The van der Waals surface area contributed by atoms with Crippen LogP contribution in [0.15, 0.2) is 60.0 Å². The molecule has 1 atom stereocenters. The van der Waals surface area contributed by atoms with Crippen LogP contribution in [0.5, 0.6) is 5.75 Å². The predicted octanol–water partition coefficient (Wildman–Crippen LogP) is 3.00. The lowest BCUT2D eigenvalue weighted by molar-refractivity contribution is 0.140. The van der Waals surface area contributed by atoms with Gasteiger partial charge in [-0.1, -0.05) is 12.1 Å². The van der Waals surface area contributed by atoms with Gasteiger partial charge >= 0.3 is 0 Å². The van der Waals surface area contributed by atoms with Gasteiger partial charge in [-0.05, 0) is 49.2 Å². The minimum atomic E-state index is 0.119. The second kappa shape index (κ2) is 10.8. The van der Waals surface area contributed by atoms with Crippen LogP contribution in [-0.2, 0) is 17.8 Å². The molecule has 1 aliphatic rings. The van der Waals surface area contributed by atoms with Crippen molar-refractivity contribution in [2.24, 2.45) is 4.99 Å². The number of hydrogen-bond acceptors (Lipinski definition) is 5. The van der Waals surface area contributed by atoms with E-state index in [0.29, 0.717) is 19.7 Å². The molecule has 1 saturated heterocycles. The molecule has 0 spiro atoms. The van der Waals surface area contributed by atoms with Crippen LogP contribution >= 0.6 is 0 Å². The van der Waals surface area contributed by atoms with E-state index in [2.05, 4.69) is 52.8 Å². The van der Waals surface area contributed by atoms with Crippen molar-refractivity contribution in [2.45, 2.75) is 39.5 Å². The first-order chi connectivity index (χ1) is 15.7. The van der Waals surface area contributed by atoms with Crippen molar-refractivity contribution >= 4 is 5.96 Å². The molecule has 0 aliphatic carbocycles. The van der Waals surface area contributed by atoms with Crippen molar-refractivity contribution in [3.63, 3.8) is 0 Å². The number of aryl methyl sites for hydroxylation is 1. The zero-order chi connectivity index (χ0) is 22.2. The molecule has 1 fully saturated rings. The second-order valence-corrected chi connectivity index (χ2v) is 7.74. The van der Waals surface area contributed by atoms with Crippen LogP contribution in [-0.4, -0.2) is 46.6 Å². The van der Waals surface area contributed by atoms with E-state index in [4.69, 9.17) is 14.5 Å². The summed E-state index contributed by atoms with van der Waals surface area (Å²) in [5.74, 6) is 2.43. The molecule has 168 valence electrons. The molecule has 0 saturated carbocycles. The molecule has 2 aromatic heterocycles. The molecule has 2 N–H and O–H groups in total.